The Balaban J connectivity index is 1.45. The minimum Gasteiger partial charge on any atom is -0.496 e. The molecule has 0 N–H and O–H groups in total. The molecule has 2 atom stereocenters. The summed E-state index contributed by atoms with van der Waals surface area (Å²) in [6.07, 6.45) is 0.961. The first-order valence-corrected chi connectivity index (χ1v) is 10.9. The SMILES string of the molecule is COc1cc(C)cc2oc(=O)c(CC(=O)N3C[C@@H]4C[C@@H](C3)c3cccc(=O)n3C4)c(C)c12. The summed E-state index contributed by atoms with van der Waals surface area (Å²) < 4.78 is 12.9. The number of methoxy groups -OCH3 is 1. The maximum atomic E-state index is 13.3. The summed E-state index contributed by atoms with van der Waals surface area (Å²) in [5, 5.41) is 0.726. The number of amides is 1. The second-order valence-corrected chi connectivity index (χ2v) is 9.01. The number of carbonyl (C=O) groups excluding carboxylic acids is 1. The number of hydrogen-bond acceptors (Lipinski definition) is 5. The Morgan fingerprint density at radius 3 is 2.75 bits per heavy atom. The van der Waals surface area contributed by atoms with E-state index < -0.39 is 5.63 Å². The second kappa shape index (κ2) is 7.65. The molecular weight excluding hydrogens is 408 g/mol. The molecule has 1 fully saturated rings. The first kappa shape index (κ1) is 20.5. The lowest BCUT2D eigenvalue weighted by atomic mass is 9.83. The topological polar surface area (TPSA) is 81.8 Å². The molecule has 2 aromatic heterocycles. The van der Waals surface area contributed by atoms with Crippen LogP contribution >= 0.6 is 0 Å². The quantitative estimate of drug-likeness (QED) is 0.592. The van der Waals surface area contributed by atoms with Gasteiger partial charge in [0, 0.05) is 37.3 Å². The molecule has 0 unspecified atom stereocenters. The van der Waals surface area contributed by atoms with Gasteiger partial charge in [-0.1, -0.05) is 6.07 Å². The van der Waals surface area contributed by atoms with Crippen LogP contribution in [0.5, 0.6) is 5.75 Å². The van der Waals surface area contributed by atoms with Crippen molar-refractivity contribution in [1.82, 2.24) is 9.47 Å². The fraction of sp³-hybridized carbons (Fsp3) is 0.400. The van der Waals surface area contributed by atoms with Gasteiger partial charge in [0.05, 0.1) is 24.5 Å². The van der Waals surface area contributed by atoms with Crippen LogP contribution in [0.15, 0.2) is 44.3 Å². The molecule has 0 saturated carbocycles. The Kier molecular flexibility index (Phi) is 4.92. The summed E-state index contributed by atoms with van der Waals surface area (Å²) in [6, 6.07) is 9.06. The number of likely N-dealkylation sites (tertiary alicyclic amines) is 1. The fourth-order valence-corrected chi connectivity index (χ4v) is 5.37. The number of aryl methyl sites for hydroxylation is 2. The van der Waals surface area contributed by atoms with Crippen LogP contribution in [0.4, 0.5) is 0 Å². The lowest BCUT2D eigenvalue weighted by Gasteiger charge is -2.42. The molecule has 1 amide bonds. The van der Waals surface area contributed by atoms with Gasteiger partial charge in [-0.25, -0.2) is 4.79 Å². The number of nitrogens with zero attached hydrogens (tertiary/aromatic N) is 2. The molecule has 1 saturated heterocycles. The van der Waals surface area contributed by atoms with Crippen LogP contribution in [0.1, 0.15) is 34.7 Å². The molecule has 166 valence electrons. The predicted molar refractivity (Wildman–Crippen MR) is 120 cm³/mol. The van der Waals surface area contributed by atoms with E-state index in [9.17, 15) is 14.4 Å². The average molecular weight is 434 g/mol. The van der Waals surface area contributed by atoms with Crippen LogP contribution in [0, 0.1) is 19.8 Å². The molecule has 7 heteroatoms. The summed E-state index contributed by atoms with van der Waals surface area (Å²) in [4.78, 5) is 40.1. The number of carbonyl (C=O) groups is 1. The Bertz CT molecular complexity index is 1350. The lowest BCUT2D eigenvalue weighted by Crippen LogP contribution is -2.49. The van der Waals surface area contributed by atoms with Crippen LogP contribution in [-0.4, -0.2) is 35.6 Å². The maximum absolute atomic E-state index is 13.3. The van der Waals surface area contributed by atoms with E-state index in [1.807, 2.05) is 41.5 Å². The minimum atomic E-state index is -0.481. The fourth-order valence-electron chi connectivity index (χ4n) is 5.37. The zero-order chi connectivity index (χ0) is 22.6. The zero-order valence-corrected chi connectivity index (χ0v) is 18.5. The molecule has 7 nitrogen and oxygen atoms in total. The van der Waals surface area contributed by atoms with Gasteiger partial charge >= 0.3 is 5.63 Å². The third kappa shape index (κ3) is 3.32. The summed E-state index contributed by atoms with van der Waals surface area (Å²) in [7, 11) is 1.58. The van der Waals surface area contributed by atoms with E-state index in [0.29, 0.717) is 36.5 Å². The molecule has 2 aliphatic heterocycles. The normalized spacial score (nSPS) is 19.7. The number of hydrogen-bond donors (Lipinski definition) is 0. The number of rotatable bonds is 3. The van der Waals surface area contributed by atoms with Crippen molar-refractivity contribution in [2.45, 2.75) is 39.2 Å². The van der Waals surface area contributed by atoms with Gasteiger partial charge in [0.25, 0.3) is 5.56 Å². The Morgan fingerprint density at radius 1 is 1.16 bits per heavy atom. The van der Waals surface area contributed by atoms with Crippen LogP contribution in [-0.2, 0) is 17.8 Å². The van der Waals surface area contributed by atoms with Gasteiger partial charge in [-0.3, -0.25) is 9.59 Å². The highest BCUT2D eigenvalue weighted by molar-refractivity contribution is 5.89. The lowest BCUT2D eigenvalue weighted by molar-refractivity contribution is -0.133. The smallest absolute Gasteiger partial charge is 0.340 e. The molecule has 5 rings (SSSR count). The molecule has 0 spiro atoms. The molecule has 0 radical (unpaired) electrons. The van der Waals surface area contributed by atoms with Crippen LogP contribution < -0.4 is 15.9 Å². The first-order chi connectivity index (χ1) is 15.4. The average Bonchev–Trinajstić information content (AvgIpc) is 2.76. The first-order valence-electron chi connectivity index (χ1n) is 10.9. The van der Waals surface area contributed by atoms with Gasteiger partial charge < -0.3 is 18.6 Å². The van der Waals surface area contributed by atoms with Crippen LogP contribution in [0.25, 0.3) is 11.0 Å². The predicted octanol–water partition coefficient (Wildman–Crippen LogP) is 2.77. The van der Waals surface area contributed by atoms with Crippen molar-refractivity contribution in [1.29, 1.82) is 0 Å². The van der Waals surface area contributed by atoms with Crippen molar-refractivity contribution in [2.75, 3.05) is 20.2 Å². The van der Waals surface area contributed by atoms with E-state index >= 15 is 0 Å². The third-order valence-electron chi connectivity index (χ3n) is 6.87. The van der Waals surface area contributed by atoms with Crippen LogP contribution in [0.3, 0.4) is 0 Å². The highest BCUT2D eigenvalue weighted by atomic mass is 16.5. The highest BCUT2D eigenvalue weighted by Crippen LogP contribution is 2.35. The summed E-state index contributed by atoms with van der Waals surface area (Å²) >= 11 is 0. The van der Waals surface area contributed by atoms with Gasteiger partial charge in [0.2, 0.25) is 5.91 Å². The standard InChI is InChI=1S/C25H26N2O5/c1-14-7-20(31-3)24-15(2)18(25(30)32-21(24)8-14)10-23(29)26-11-16-9-17(13-26)19-5-4-6-22(28)27(19)12-16/h4-8,16-17H,9-13H2,1-3H3/t16-,17-/m0/s1. The van der Waals surface area contributed by atoms with Crippen LogP contribution in [0.2, 0.25) is 0 Å². The van der Waals surface area contributed by atoms with E-state index in [0.717, 1.165) is 28.6 Å². The molecule has 1 aromatic carbocycles. The largest absolute Gasteiger partial charge is 0.496 e. The monoisotopic (exact) mass is 434 g/mol. The minimum absolute atomic E-state index is 0.0117. The van der Waals surface area contributed by atoms with E-state index in [2.05, 4.69) is 0 Å². The maximum Gasteiger partial charge on any atom is 0.340 e. The summed E-state index contributed by atoms with van der Waals surface area (Å²) in [5.74, 6) is 0.914. The van der Waals surface area contributed by atoms with E-state index in [-0.39, 0.29) is 29.7 Å². The number of benzene rings is 1. The van der Waals surface area contributed by atoms with Gasteiger partial charge in [-0.05, 0) is 55.5 Å². The van der Waals surface area contributed by atoms with Crippen molar-refractivity contribution in [3.8, 4) is 5.75 Å². The Labute approximate surface area is 185 Å². The van der Waals surface area contributed by atoms with Gasteiger partial charge in [0.1, 0.15) is 11.3 Å². The molecule has 0 aliphatic carbocycles. The van der Waals surface area contributed by atoms with Crippen molar-refractivity contribution in [3.05, 3.63) is 73.5 Å². The van der Waals surface area contributed by atoms with Crippen molar-refractivity contribution in [2.24, 2.45) is 5.92 Å². The molecule has 3 aromatic rings. The Hall–Kier alpha value is -3.35. The molecule has 4 heterocycles. The van der Waals surface area contributed by atoms with Crippen molar-refractivity contribution in [3.63, 3.8) is 0 Å². The van der Waals surface area contributed by atoms with E-state index in [4.69, 9.17) is 9.15 Å². The van der Waals surface area contributed by atoms with E-state index in [1.54, 1.807) is 19.2 Å². The van der Waals surface area contributed by atoms with Gasteiger partial charge in [0.15, 0.2) is 0 Å². The Morgan fingerprint density at radius 2 is 1.97 bits per heavy atom. The van der Waals surface area contributed by atoms with Gasteiger partial charge in [-0.2, -0.15) is 0 Å². The van der Waals surface area contributed by atoms with Gasteiger partial charge in [-0.15, -0.1) is 0 Å². The highest BCUT2D eigenvalue weighted by Gasteiger charge is 2.36. The third-order valence-corrected chi connectivity index (χ3v) is 6.87. The molecular formula is C25H26N2O5. The number of pyridine rings is 1. The number of ether oxygens (including phenoxy) is 1. The van der Waals surface area contributed by atoms with Crippen molar-refractivity contribution < 1.29 is 13.9 Å². The van der Waals surface area contributed by atoms with Crippen molar-refractivity contribution >= 4 is 16.9 Å². The summed E-state index contributed by atoms with van der Waals surface area (Å²) in [5.41, 5.74) is 3.02. The number of aromatic nitrogens is 1. The van der Waals surface area contributed by atoms with E-state index in [1.165, 1.54) is 0 Å². The molecule has 32 heavy (non-hydrogen) atoms. The summed E-state index contributed by atoms with van der Waals surface area (Å²) in [6.45, 7) is 5.53. The number of piperidine rings is 1. The molecule has 2 aliphatic rings. The second-order valence-electron chi connectivity index (χ2n) is 9.01. The molecule has 2 bridgehead atoms. The zero-order valence-electron chi connectivity index (χ0n) is 18.5. The number of fused-ring (bicyclic) bond motifs is 5.